The number of pyridine rings is 1. The number of fused-ring (bicyclic) bond motifs is 1. The maximum atomic E-state index is 11.8. The molecule has 6 nitrogen and oxygen atoms in total. The molecule has 2 rings (SSSR count). The molecule has 0 aliphatic carbocycles. The second kappa shape index (κ2) is 3.75. The average molecular weight is 284 g/mol. The van der Waals surface area contributed by atoms with E-state index in [1.807, 2.05) is 0 Å². The molecule has 0 spiro atoms. The highest BCUT2D eigenvalue weighted by molar-refractivity contribution is 9.10. The van der Waals surface area contributed by atoms with Gasteiger partial charge < -0.3 is 10.6 Å². The van der Waals surface area contributed by atoms with Gasteiger partial charge in [-0.3, -0.25) is 4.79 Å². The van der Waals surface area contributed by atoms with E-state index in [1.165, 1.54) is 9.42 Å². The highest BCUT2D eigenvalue weighted by Gasteiger charge is 2.16. The van der Waals surface area contributed by atoms with Gasteiger partial charge in [-0.05, 0) is 22.0 Å². The number of rotatable bonds is 1. The van der Waals surface area contributed by atoms with Crippen LogP contribution in [0.5, 0.6) is 0 Å². The monoisotopic (exact) mass is 283 g/mol. The van der Waals surface area contributed by atoms with E-state index >= 15 is 0 Å². The fourth-order valence-corrected chi connectivity index (χ4v) is 1.91. The van der Waals surface area contributed by atoms with Crippen LogP contribution in [0.15, 0.2) is 16.7 Å². The van der Waals surface area contributed by atoms with Crippen LogP contribution in [0.25, 0.3) is 5.65 Å². The third-order valence-corrected chi connectivity index (χ3v) is 2.88. The van der Waals surface area contributed by atoms with E-state index in [2.05, 4.69) is 26.0 Å². The lowest BCUT2D eigenvalue weighted by Crippen LogP contribution is -2.22. The lowest BCUT2D eigenvalue weighted by atomic mass is 10.2. The van der Waals surface area contributed by atoms with Gasteiger partial charge in [0.25, 0.3) is 5.91 Å². The number of carbonyl (C=O) groups excluding carboxylic acids is 1. The lowest BCUT2D eigenvalue weighted by molar-refractivity contribution is 0.0826. The van der Waals surface area contributed by atoms with Crippen molar-refractivity contribution in [3.63, 3.8) is 0 Å². The number of halogens is 1. The molecule has 2 heterocycles. The van der Waals surface area contributed by atoms with Crippen molar-refractivity contribution >= 4 is 33.4 Å². The summed E-state index contributed by atoms with van der Waals surface area (Å²) in [5.74, 6) is 0.0751. The number of carbonyl (C=O) groups is 1. The molecule has 1 amide bonds. The normalized spacial score (nSPS) is 10.7. The van der Waals surface area contributed by atoms with E-state index in [9.17, 15) is 4.79 Å². The molecule has 16 heavy (non-hydrogen) atoms. The largest absolute Gasteiger partial charge is 0.366 e. The maximum Gasteiger partial charge on any atom is 0.254 e. The minimum Gasteiger partial charge on any atom is -0.366 e. The van der Waals surface area contributed by atoms with Gasteiger partial charge in [-0.15, -0.1) is 5.10 Å². The minimum atomic E-state index is -0.101. The van der Waals surface area contributed by atoms with E-state index in [1.54, 1.807) is 26.4 Å². The average Bonchev–Trinajstić information content (AvgIpc) is 2.59. The van der Waals surface area contributed by atoms with Gasteiger partial charge in [0.15, 0.2) is 5.65 Å². The predicted octanol–water partition coefficient (Wildman–Crippen LogP) is 0.776. The topological polar surface area (TPSA) is 76.5 Å². The Morgan fingerprint density at radius 2 is 2.25 bits per heavy atom. The van der Waals surface area contributed by atoms with Crippen LogP contribution in [0.3, 0.4) is 0 Å². The fraction of sp³-hybridized carbons (Fsp3) is 0.222. The van der Waals surface area contributed by atoms with E-state index in [-0.39, 0.29) is 11.9 Å². The second-order valence-electron chi connectivity index (χ2n) is 3.48. The van der Waals surface area contributed by atoms with Crippen molar-refractivity contribution in [3.8, 4) is 0 Å². The Labute approximate surface area is 100 Å². The molecular weight excluding hydrogens is 274 g/mol. The van der Waals surface area contributed by atoms with Crippen LogP contribution in [-0.4, -0.2) is 39.5 Å². The number of nitrogen functional groups attached to an aromatic ring is 1. The summed E-state index contributed by atoms with van der Waals surface area (Å²) in [5, 5.41) is 3.95. The molecule has 0 radical (unpaired) electrons. The number of hydrogen-bond acceptors (Lipinski definition) is 4. The van der Waals surface area contributed by atoms with Gasteiger partial charge in [0.05, 0.1) is 10.0 Å². The molecule has 0 saturated heterocycles. The van der Waals surface area contributed by atoms with Crippen LogP contribution >= 0.6 is 15.9 Å². The first kappa shape index (κ1) is 10.9. The quantitative estimate of drug-likeness (QED) is 0.839. The zero-order valence-corrected chi connectivity index (χ0v) is 10.4. The van der Waals surface area contributed by atoms with Crippen LogP contribution in [0.4, 0.5) is 5.95 Å². The Hall–Kier alpha value is -1.63. The summed E-state index contributed by atoms with van der Waals surface area (Å²) in [6.45, 7) is 0. The zero-order valence-electron chi connectivity index (χ0n) is 8.81. The Balaban J connectivity index is 2.64. The van der Waals surface area contributed by atoms with Crippen molar-refractivity contribution in [1.29, 1.82) is 0 Å². The zero-order chi connectivity index (χ0) is 11.9. The molecule has 84 valence electrons. The Morgan fingerprint density at radius 1 is 1.56 bits per heavy atom. The number of amides is 1. The van der Waals surface area contributed by atoms with E-state index in [0.29, 0.717) is 15.7 Å². The summed E-state index contributed by atoms with van der Waals surface area (Å²) >= 11 is 3.34. The van der Waals surface area contributed by atoms with E-state index < -0.39 is 0 Å². The molecule has 0 atom stereocenters. The van der Waals surface area contributed by atoms with Gasteiger partial charge in [0.2, 0.25) is 5.95 Å². The molecule has 0 fully saturated rings. The van der Waals surface area contributed by atoms with Crippen LogP contribution in [0.2, 0.25) is 0 Å². The summed E-state index contributed by atoms with van der Waals surface area (Å²) in [6, 6.07) is 1.67. The number of anilines is 1. The van der Waals surface area contributed by atoms with Gasteiger partial charge in [0.1, 0.15) is 0 Å². The van der Waals surface area contributed by atoms with Gasteiger partial charge in [-0.1, -0.05) is 0 Å². The number of nitrogens with two attached hydrogens (primary N) is 1. The van der Waals surface area contributed by atoms with Crippen LogP contribution < -0.4 is 5.73 Å². The smallest absolute Gasteiger partial charge is 0.254 e. The molecule has 7 heteroatoms. The molecule has 0 unspecified atom stereocenters. The van der Waals surface area contributed by atoms with Crippen molar-refractivity contribution in [3.05, 3.63) is 22.3 Å². The van der Waals surface area contributed by atoms with Crippen molar-refractivity contribution in [1.82, 2.24) is 19.5 Å². The third kappa shape index (κ3) is 1.63. The summed E-state index contributed by atoms with van der Waals surface area (Å²) in [5.41, 5.74) is 6.55. The summed E-state index contributed by atoms with van der Waals surface area (Å²) in [6.07, 6.45) is 1.65. The Morgan fingerprint density at radius 3 is 2.88 bits per heavy atom. The van der Waals surface area contributed by atoms with Crippen LogP contribution in [-0.2, 0) is 0 Å². The third-order valence-electron chi connectivity index (χ3n) is 2.10. The SMILES string of the molecule is CN(C)C(=O)c1ccn2nc(N)nc2c1Br. The van der Waals surface area contributed by atoms with Gasteiger partial charge in [0, 0.05) is 20.3 Å². The van der Waals surface area contributed by atoms with Crippen molar-refractivity contribution in [2.75, 3.05) is 19.8 Å². The molecule has 2 aromatic heterocycles. The first-order valence-electron chi connectivity index (χ1n) is 4.52. The second-order valence-corrected chi connectivity index (χ2v) is 4.27. The maximum absolute atomic E-state index is 11.8. The molecule has 0 aliphatic heterocycles. The fourth-order valence-electron chi connectivity index (χ4n) is 1.34. The summed E-state index contributed by atoms with van der Waals surface area (Å²) in [4.78, 5) is 17.3. The van der Waals surface area contributed by atoms with Crippen molar-refractivity contribution < 1.29 is 4.79 Å². The first-order valence-corrected chi connectivity index (χ1v) is 5.32. The molecule has 2 N–H and O–H groups in total. The van der Waals surface area contributed by atoms with Crippen molar-refractivity contribution in [2.45, 2.75) is 0 Å². The number of aromatic nitrogens is 3. The molecule has 2 aromatic rings. The first-order chi connectivity index (χ1) is 7.50. The molecular formula is C9H10BrN5O. The van der Waals surface area contributed by atoms with Crippen molar-refractivity contribution in [2.24, 2.45) is 0 Å². The molecule has 0 aromatic carbocycles. The lowest BCUT2D eigenvalue weighted by Gasteiger charge is -2.11. The van der Waals surface area contributed by atoms with Gasteiger partial charge in [-0.25, -0.2) is 4.52 Å². The molecule has 0 saturated carbocycles. The highest BCUT2D eigenvalue weighted by Crippen LogP contribution is 2.22. The minimum absolute atomic E-state index is 0.101. The van der Waals surface area contributed by atoms with E-state index in [0.717, 1.165) is 0 Å². The standard InChI is InChI=1S/C9H10BrN5O/c1-14(2)8(16)5-3-4-15-7(6(5)10)12-9(11)13-15/h3-4H,1-2H3,(H2,11,13). The predicted molar refractivity (Wildman–Crippen MR) is 63.1 cm³/mol. The Bertz CT molecular complexity index is 562. The van der Waals surface area contributed by atoms with Gasteiger partial charge in [-0.2, -0.15) is 4.98 Å². The number of nitrogens with zero attached hydrogens (tertiary/aromatic N) is 4. The molecule has 0 aliphatic rings. The van der Waals surface area contributed by atoms with Gasteiger partial charge >= 0.3 is 0 Å². The van der Waals surface area contributed by atoms with Crippen LogP contribution in [0, 0.1) is 0 Å². The number of hydrogen-bond donors (Lipinski definition) is 1. The summed E-state index contributed by atoms with van der Waals surface area (Å²) < 4.78 is 2.11. The highest BCUT2D eigenvalue weighted by atomic mass is 79.9. The summed E-state index contributed by atoms with van der Waals surface area (Å²) in [7, 11) is 3.38. The molecule has 0 bridgehead atoms. The van der Waals surface area contributed by atoms with E-state index in [4.69, 9.17) is 5.73 Å². The van der Waals surface area contributed by atoms with Crippen LogP contribution in [0.1, 0.15) is 10.4 Å². The Kier molecular flexibility index (Phi) is 2.55.